The van der Waals surface area contributed by atoms with Crippen LogP contribution in [0.3, 0.4) is 0 Å². The molecule has 0 aliphatic heterocycles. The normalized spacial score (nSPS) is 18.4. The highest BCUT2D eigenvalue weighted by atomic mass is 16.5. The molecule has 1 aromatic carbocycles. The molecular formula is C24H28N4O2. The minimum Gasteiger partial charge on any atom is -0.340 e. The largest absolute Gasteiger partial charge is 0.340 e. The maximum Gasteiger partial charge on any atom is 0.223 e. The van der Waals surface area contributed by atoms with Crippen molar-refractivity contribution in [3.8, 4) is 11.3 Å². The van der Waals surface area contributed by atoms with E-state index in [1.165, 1.54) is 31.2 Å². The van der Waals surface area contributed by atoms with Gasteiger partial charge in [0.15, 0.2) is 11.6 Å². The van der Waals surface area contributed by atoms with E-state index >= 15 is 0 Å². The molecule has 30 heavy (non-hydrogen) atoms. The number of benzene rings is 1. The van der Waals surface area contributed by atoms with Gasteiger partial charge in [0, 0.05) is 43.1 Å². The molecule has 0 N–H and O–H groups in total. The summed E-state index contributed by atoms with van der Waals surface area (Å²) in [5.41, 5.74) is 3.85. The van der Waals surface area contributed by atoms with E-state index in [0.29, 0.717) is 30.0 Å². The Hall–Kier alpha value is -2.76. The Morgan fingerprint density at radius 2 is 2.03 bits per heavy atom. The molecule has 0 spiro atoms. The molecule has 156 valence electrons. The maximum absolute atomic E-state index is 13.4. The van der Waals surface area contributed by atoms with Crippen LogP contribution in [0.1, 0.15) is 79.0 Å². The van der Waals surface area contributed by atoms with E-state index in [0.717, 1.165) is 23.2 Å². The maximum atomic E-state index is 13.4. The number of carbonyl (C=O) groups is 1. The van der Waals surface area contributed by atoms with Gasteiger partial charge in [-0.3, -0.25) is 9.48 Å². The van der Waals surface area contributed by atoms with Gasteiger partial charge in [0.1, 0.15) is 0 Å². The zero-order chi connectivity index (χ0) is 20.9. The average Bonchev–Trinajstić information content (AvgIpc) is 3.64. The SMILES string of the molecule is Cc1nc([C@@](C)(CC(=O)c2ccc(C3CC3)c(-c3ccnn3C)c2)CC2CC2)no1. The predicted molar refractivity (Wildman–Crippen MR) is 113 cm³/mol. The third-order valence-corrected chi connectivity index (χ3v) is 6.54. The topological polar surface area (TPSA) is 73.8 Å². The summed E-state index contributed by atoms with van der Waals surface area (Å²) in [6.07, 6.45) is 8.00. The van der Waals surface area contributed by atoms with Crippen molar-refractivity contribution in [3.05, 3.63) is 53.3 Å². The van der Waals surface area contributed by atoms with Crippen molar-refractivity contribution in [1.29, 1.82) is 0 Å². The molecule has 1 atom stereocenters. The second-order valence-electron chi connectivity index (χ2n) is 9.36. The number of Topliss-reactive ketones (excluding diaryl/α,β-unsaturated/α-hetero) is 1. The monoisotopic (exact) mass is 404 g/mol. The number of carbonyl (C=O) groups excluding carboxylic acids is 1. The molecule has 2 fully saturated rings. The number of hydrogen-bond donors (Lipinski definition) is 0. The molecule has 3 aromatic rings. The molecular weight excluding hydrogens is 376 g/mol. The Balaban J connectivity index is 1.47. The number of nitrogens with zero attached hydrogens (tertiary/aromatic N) is 4. The Morgan fingerprint density at radius 3 is 2.63 bits per heavy atom. The van der Waals surface area contributed by atoms with Crippen molar-refractivity contribution >= 4 is 5.78 Å². The number of ketones is 1. The van der Waals surface area contributed by atoms with Crippen molar-refractivity contribution in [3.63, 3.8) is 0 Å². The first kappa shape index (κ1) is 19.2. The summed E-state index contributed by atoms with van der Waals surface area (Å²) in [4.78, 5) is 17.9. The quantitative estimate of drug-likeness (QED) is 0.495. The second-order valence-corrected chi connectivity index (χ2v) is 9.36. The second kappa shape index (κ2) is 7.18. The van der Waals surface area contributed by atoms with Gasteiger partial charge in [0.05, 0.1) is 5.69 Å². The fraction of sp³-hybridized carbons (Fsp3) is 0.500. The van der Waals surface area contributed by atoms with Gasteiger partial charge in [-0.15, -0.1) is 0 Å². The summed E-state index contributed by atoms with van der Waals surface area (Å²) in [5, 5.41) is 8.52. The summed E-state index contributed by atoms with van der Waals surface area (Å²) in [6, 6.07) is 8.22. The standard InChI is InChI=1S/C24H28N4O2/c1-15-26-23(27-30-15)24(2,13-16-4-5-16)14-22(29)18-8-9-19(17-6-7-17)20(12-18)21-10-11-25-28(21)3/h8-12,16-17H,4-7,13-14H2,1-3H3/t24-/m1/s1. The van der Waals surface area contributed by atoms with Gasteiger partial charge < -0.3 is 4.52 Å². The van der Waals surface area contributed by atoms with E-state index in [-0.39, 0.29) is 5.78 Å². The number of rotatable bonds is 8. The first-order valence-electron chi connectivity index (χ1n) is 10.9. The minimum absolute atomic E-state index is 0.131. The van der Waals surface area contributed by atoms with E-state index in [9.17, 15) is 4.79 Å². The Bertz CT molecular complexity index is 1090. The Labute approximate surface area is 176 Å². The van der Waals surface area contributed by atoms with E-state index in [1.807, 2.05) is 30.1 Å². The third kappa shape index (κ3) is 3.71. The summed E-state index contributed by atoms with van der Waals surface area (Å²) in [5.74, 6) is 2.59. The van der Waals surface area contributed by atoms with Gasteiger partial charge in [-0.25, -0.2) is 0 Å². The molecule has 2 saturated carbocycles. The van der Waals surface area contributed by atoms with Gasteiger partial charge in [-0.05, 0) is 48.8 Å². The average molecular weight is 405 g/mol. The highest BCUT2D eigenvalue weighted by Crippen LogP contribution is 2.46. The van der Waals surface area contributed by atoms with Gasteiger partial charge in [0.25, 0.3) is 0 Å². The van der Waals surface area contributed by atoms with E-state index in [4.69, 9.17) is 4.52 Å². The van der Waals surface area contributed by atoms with E-state index < -0.39 is 5.41 Å². The van der Waals surface area contributed by atoms with Crippen LogP contribution in [0.15, 0.2) is 35.0 Å². The van der Waals surface area contributed by atoms with Crippen molar-refractivity contribution in [2.45, 2.75) is 63.7 Å². The molecule has 2 aliphatic rings. The lowest BCUT2D eigenvalue weighted by Gasteiger charge is -2.25. The summed E-state index contributed by atoms with van der Waals surface area (Å²) >= 11 is 0. The fourth-order valence-corrected chi connectivity index (χ4v) is 4.54. The summed E-state index contributed by atoms with van der Waals surface area (Å²) in [6.45, 7) is 3.90. The highest BCUT2D eigenvalue weighted by molar-refractivity contribution is 5.98. The first-order chi connectivity index (χ1) is 14.4. The molecule has 6 nitrogen and oxygen atoms in total. The zero-order valence-corrected chi connectivity index (χ0v) is 17.9. The molecule has 6 heteroatoms. The van der Waals surface area contributed by atoms with Gasteiger partial charge in [-0.2, -0.15) is 10.1 Å². The highest BCUT2D eigenvalue weighted by Gasteiger charge is 2.40. The van der Waals surface area contributed by atoms with Gasteiger partial charge in [0.2, 0.25) is 5.89 Å². The molecule has 0 unspecified atom stereocenters. The Kier molecular flexibility index (Phi) is 4.60. The van der Waals surface area contributed by atoms with Crippen LogP contribution < -0.4 is 0 Å². The van der Waals surface area contributed by atoms with Crippen molar-refractivity contribution in [1.82, 2.24) is 19.9 Å². The summed E-state index contributed by atoms with van der Waals surface area (Å²) < 4.78 is 7.13. The number of aromatic nitrogens is 4. The lowest BCUT2D eigenvalue weighted by atomic mass is 9.78. The predicted octanol–water partition coefficient (Wildman–Crippen LogP) is 4.99. The molecule has 2 heterocycles. The lowest BCUT2D eigenvalue weighted by molar-refractivity contribution is 0.0944. The van der Waals surface area contributed by atoms with Crippen LogP contribution >= 0.6 is 0 Å². The number of aryl methyl sites for hydroxylation is 2. The minimum atomic E-state index is -0.405. The molecule has 2 aliphatic carbocycles. The van der Waals surface area contributed by atoms with Crippen LogP contribution in [0.4, 0.5) is 0 Å². The van der Waals surface area contributed by atoms with E-state index in [1.54, 1.807) is 6.92 Å². The first-order valence-corrected chi connectivity index (χ1v) is 10.9. The van der Waals surface area contributed by atoms with Crippen LogP contribution in [-0.4, -0.2) is 25.7 Å². The molecule has 0 radical (unpaired) electrons. The van der Waals surface area contributed by atoms with Crippen molar-refractivity contribution in [2.24, 2.45) is 13.0 Å². The van der Waals surface area contributed by atoms with Crippen molar-refractivity contribution < 1.29 is 9.32 Å². The number of hydrogen-bond acceptors (Lipinski definition) is 5. The van der Waals surface area contributed by atoms with Crippen LogP contribution in [0, 0.1) is 12.8 Å². The van der Waals surface area contributed by atoms with Crippen LogP contribution in [-0.2, 0) is 12.5 Å². The molecule has 5 rings (SSSR count). The van der Waals surface area contributed by atoms with Gasteiger partial charge >= 0.3 is 0 Å². The Morgan fingerprint density at radius 1 is 1.23 bits per heavy atom. The third-order valence-electron chi connectivity index (χ3n) is 6.54. The fourth-order valence-electron chi connectivity index (χ4n) is 4.54. The van der Waals surface area contributed by atoms with Crippen LogP contribution in [0.2, 0.25) is 0 Å². The molecule has 0 amide bonds. The van der Waals surface area contributed by atoms with Crippen LogP contribution in [0.5, 0.6) is 0 Å². The lowest BCUT2D eigenvalue weighted by Crippen LogP contribution is -2.28. The molecule has 2 aromatic heterocycles. The van der Waals surface area contributed by atoms with Crippen molar-refractivity contribution in [2.75, 3.05) is 0 Å². The molecule has 0 bridgehead atoms. The smallest absolute Gasteiger partial charge is 0.223 e. The van der Waals surface area contributed by atoms with Crippen LogP contribution in [0.25, 0.3) is 11.3 Å². The van der Waals surface area contributed by atoms with Gasteiger partial charge in [-0.1, -0.05) is 37.1 Å². The zero-order valence-electron chi connectivity index (χ0n) is 17.9. The molecule has 0 saturated heterocycles. The summed E-state index contributed by atoms with van der Waals surface area (Å²) in [7, 11) is 1.95. The van der Waals surface area contributed by atoms with E-state index in [2.05, 4.69) is 34.3 Å².